The summed E-state index contributed by atoms with van der Waals surface area (Å²) in [5.74, 6) is -0.582. The molecule has 2 aromatic carbocycles. The van der Waals surface area contributed by atoms with Crippen molar-refractivity contribution in [3.8, 4) is 5.69 Å². The van der Waals surface area contributed by atoms with Crippen LogP contribution in [0.4, 0.5) is 5.69 Å². The highest BCUT2D eigenvalue weighted by Gasteiger charge is 2.11. The van der Waals surface area contributed by atoms with Gasteiger partial charge in [-0.3, -0.25) is 4.79 Å². The smallest absolute Gasteiger partial charge is 0.338 e. The minimum Gasteiger partial charge on any atom is -0.459 e. The summed E-state index contributed by atoms with van der Waals surface area (Å²) in [6, 6.07) is 19.1. The van der Waals surface area contributed by atoms with Crippen LogP contribution >= 0.6 is 0 Å². The molecule has 0 unspecified atom stereocenters. The molecule has 2 aromatic heterocycles. The predicted molar refractivity (Wildman–Crippen MR) is 106 cm³/mol. The lowest BCUT2D eigenvalue weighted by molar-refractivity contribution is 0.0472. The van der Waals surface area contributed by atoms with Gasteiger partial charge in [-0.2, -0.15) is 5.10 Å². The van der Waals surface area contributed by atoms with Crippen molar-refractivity contribution < 1.29 is 18.7 Å². The molecule has 0 aliphatic heterocycles. The van der Waals surface area contributed by atoms with Crippen LogP contribution in [0.25, 0.3) is 5.69 Å². The average Bonchev–Trinajstić information content (AvgIpc) is 3.47. The normalized spacial score (nSPS) is 10.5. The van der Waals surface area contributed by atoms with Crippen molar-refractivity contribution >= 4 is 17.6 Å². The van der Waals surface area contributed by atoms with E-state index in [4.69, 9.17) is 9.15 Å². The van der Waals surface area contributed by atoms with E-state index in [0.29, 0.717) is 11.3 Å². The molecule has 0 spiro atoms. The number of nitrogens with zero attached hydrogens (tertiary/aromatic N) is 2. The molecule has 0 atom stereocenters. The Morgan fingerprint density at radius 2 is 1.79 bits per heavy atom. The van der Waals surface area contributed by atoms with E-state index >= 15 is 0 Å². The molecule has 2 heterocycles. The molecule has 0 aliphatic carbocycles. The number of anilines is 1. The quantitative estimate of drug-likeness (QED) is 0.504. The molecule has 7 nitrogen and oxygen atoms in total. The zero-order valence-corrected chi connectivity index (χ0v) is 15.3. The maximum absolute atomic E-state index is 12.3. The van der Waals surface area contributed by atoms with Gasteiger partial charge in [-0.1, -0.05) is 12.1 Å². The second kappa shape index (κ2) is 8.26. The first-order valence-corrected chi connectivity index (χ1v) is 8.90. The molecule has 0 bridgehead atoms. The predicted octanol–water partition coefficient (Wildman–Crippen LogP) is 4.07. The molecule has 0 saturated carbocycles. The third kappa shape index (κ3) is 4.41. The minimum absolute atomic E-state index is 0.162. The van der Waals surface area contributed by atoms with Crippen molar-refractivity contribution in [1.82, 2.24) is 9.78 Å². The van der Waals surface area contributed by atoms with Crippen LogP contribution in [-0.2, 0) is 11.3 Å². The Morgan fingerprint density at radius 3 is 2.45 bits per heavy atom. The van der Waals surface area contributed by atoms with E-state index in [1.807, 2.05) is 36.5 Å². The highest BCUT2D eigenvalue weighted by molar-refractivity contribution is 6.02. The van der Waals surface area contributed by atoms with Gasteiger partial charge in [-0.05, 0) is 60.2 Å². The van der Waals surface area contributed by atoms with E-state index in [1.54, 1.807) is 47.3 Å². The summed E-state index contributed by atoms with van der Waals surface area (Å²) in [5.41, 5.74) is 2.75. The lowest BCUT2D eigenvalue weighted by atomic mass is 10.2. The van der Waals surface area contributed by atoms with Gasteiger partial charge >= 0.3 is 5.97 Å². The summed E-state index contributed by atoms with van der Waals surface area (Å²) in [7, 11) is 0. The van der Waals surface area contributed by atoms with Crippen LogP contribution in [0.2, 0.25) is 0 Å². The van der Waals surface area contributed by atoms with Crippen LogP contribution in [0, 0.1) is 0 Å². The highest BCUT2D eigenvalue weighted by atomic mass is 16.5. The van der Waals surface area contributed by atoms with E-state index in [1.165, 1.54) is 6.26 Å². The third-order valence-electron chi connectivity index (χ3n) is 4.20. The van der Waals surface area contributed by atoms with Crippen molar-refractivity contribution in [2.75, 3.05) is 5.32 Å². The van der Waals surface area contributed by atoms with Crippen molar-refractivity contribution in [2.24, 2.45) is 0 Å². The Hall–Kier alpha value is -4.13. The van der Waals surface area contributed by atoms with E-state index in [2.05, 4.69) is 10.4 Å². The molecule has 7 heteroatoms. The topological polar surface area (TPSA) is 86.4 Å². The molecule has 0 aliphatic rings. The molecule has 1 N–H and O–H groups in total. The summed E-state index contributed by atoms with van der Waals surface area (Å²) < 4.78 is 12.2. The molecule has 4 aromatic rings. The molecule has 1 amide bonds. The number of amides is 1. The fraction of sp³-hybridized carbons (Fsp3) is 0.0455. The molecular weight excluding hydrogens is 370 g/mol. The van der Waals surface area contributed by atoms with Crippen LogP contribution in [0.15, 0.2) is 89.8 Å². The largest absolute Gasteiger partial charge is 0.459 e. The minimum atomic E-state index is -0.440. The highest BCUT2D eigenvalue weighted by Crippen LogP contribution is 2.14. The van der Waals surface area contributed by atoms with Crippen LogP contribution in [0.5, 0.6) is 0 Å². The van der Waals surface area contributed by atoms with Crippen molar-refractivity contribution in [3.63, 3.8) is 0 Å². The van der Waals surface area contributed by atoms with E-state index < -0.39 is 5.97 Å². The zero-order valence-electron chi connectivity index (χ0n) is 15.3. The van der Waals surface area contributed by atoms with Gasteiger partial charge < -0.3 is 14.5 Å². The first kappa shape index (κ1) is 18.2. The fourth-order valence-corrected chi connectivity index (χ4v) is 2.69. The molecule has 0 radical (unpaired) electrons. The van der Waals surface area contributed by atoms with Gasteiger partial charge in [-0.25, -0.2) is 9.48 Å². The molecule has 144 valence electrons. The number of carbonyl (C=O) groups is 2. The maximum Gasteiger partial charge on any atom is 0.338 e. The summed E-state index contributed by atoms with van der Waals surface area (Å²) in [6.45, 7) is 0.162. The monoisotopic (exact) mass is 387 g/mol. The number of carbonyl (C=O) groups excluding carboxylic acids is 2. The number of benzene rings is 2. The lowest BCUT2D eigenvalue weighted by Gasteiger charge is -2.08. The number of furan rings is 1. The van der Waals surface area contributed by atoms with Gasteiger partial charge in [0.25, 0.3) is 5.91 Å². The van der Waals surface area contributed by atoms with Crippen molar-refractivity contribution in [1.29, 1.82) is 0 Å². The van der Waals surface area contributed by atoms with Gasteiger partial charge in [0.05, 0.1) is 17.5 Å². The summed E-state index contributed by atoms with van der Waals surface area (Å²) >= 11 is 0. The number of nitrogens with one attached hydrogen (secondary N) is 1. The number of hydrogen-bond acceptors (Lipinski definition) is 5. The van der Waals surface area contributed by atoms with E-state index in [0.717, 1.165) is 11.3 Å². The van der Waals surface area contributed by atoms with Crippen molar-refractivity contribution in [3.05, 3.63) is 102 Å². The molecule has 29 heavy (non-hydrogen) atoms. The number of ether oxygens (including phenoxy) is 1. The Balaban J connectivity index is 1.32. The maximum atomic E-state index is 12.3. The first-order chi connectivity index (χ1) is 14.2. The number of esters is 1. The number of aromatic nitrogens is 2. The van der Waals surface area contributed by atoms with Gasteiger partial charge in [-0.15, -0.1) is 0 Å². The van der Waals surface area contributed by atoms with Crippen LogP contribution in [-0.4, -0.2) is 21.7 Å². The standard InChI is InChI=1S/C22H17N3O4/c26-21(20-3-1-14-28-20)24-18-8-6-17(7-9-18)22(27)29-15-16-4-10-19(11-5-16)25-13-2-12-23-25/h1-14H,15H2,(H,24,26). The van der Waals surface area contributed by atoms with E-state index in [9.17, 15) is 9.59 Å². The van der Waals surface area contributed by atoms with Gasteiger partial charge in [0, 0.05) is 18.1 Å². The van der Waals surface area contributed by atoms with Gasteiger partial charge in [0.15, 0.2) is 5.76 Å². The van der Waals surface area contributed by atoms with Crippen LogP contribution < -0.4 is 5.32 Å². The van der Waals surface area contributed by atoms with Crippen LogP contribution in [0.3, 0.4) is 0 Å². The molecule has 0 fully saturated rings. The van der Waals surface area contributed by atoms with Crippen molar-refractivity contribution in [2.45, 2.75) is 6.61 Å². The van der Waals surface area contributed by atoms with Gasteiger partial charge in [0.1, 0.15) is 6.61 Å². The lowest BCUT2D eigenvalue weighted by Crippen LogP contribution is -2.11. The Labute approximate surface area is 166 Å². The summed E-state index contributed by atoms with van der Waals surface area (Å²) in [5, 5.41) is 6.86. The third-order valence-corrected chi connectivity index (χ3v) is 4.20. The zero-order chi connectivity index (χ0) is 20.1. The number of hydrogen-bond donors (Lipinski definition) is 1. The Bertz CT molecular complexity index is 1080. The average molecular weight is 387 g/mol. The molecular formula is C22H17N3O4. The second-order valence-electron chi connectivity index (χ2n) is 6.20. The van der Waals surface area contributed by atoms with E-state index in [-0.39, 0.29) is 18.3 Å². The first-order valence-electron chi connectivity index (χ1n) is 8.90. The summed E-state index contributed by atoms with van der Waals surface area (Å²) in [4.78, 5) is 24.2. The van der Waals surface area contributed by atoms with Crippen LogP contribution in [0.1, 0.15) is 26.5 Å². The summed E-state index contributed by atoms with van der Waals surface area (Å²) in [6.07, 6.45) is 5.00. The number of rotatable bonds is 6. The Morgan fingerprint density at radius 1 is 1.00 bits per heavy atom. The second-order valence-corrected chi connectivity index (χ2v) is 6.20. The van der Waals surface area contributed by atoms with Gasteiger partial charge in [0.2, 0.25) is 0 Å². The SMILES string of the molecule is O=C(OCc1ccc(-n2cccn2)cc1)c1ccc(NC(=O)c2ccco2)cc1. The fourth-order valence-electron chi connectivity index (χ4n) is 2.69. The Kier molecular flexibility index (Phi) is 5.20. The molecule has 4 rings (SSSR count). The molecule has 0 saturated heterocycles.